The lowest BCUT2D eigenvalue weighted by atomic mass is 10.1. The highest BCUT2D eigenvalue weighted by atomic mass is 32.2. The predicted octanol–water partition coefficient (Wildman–Crippen LogP) is 2.42. The van der Waals surface area contributed by atoms with Crippen molar-refractivity contribution in [2.24, 2.45) is 5.73 Å². The molecule has 0 amide bonds. The molecule has 0 aliphatic rings. The van der Waals surface area contributed by atoms with Crippen molar-refractivity contribution in [1.82, 2.24) is 18.2 Å². The number of fused-ring (bicyclic) bond motifs is 1. The van der Waals surface area contributed by atoms with E-state index in [-0.39, 0.29) is 17.1 Å². The van der Waals surface area contributed by atoms with Crippen LogP contribution in [0.25, 0.3) is 22.6 Å². The van der Waals surface area contributed by atoms with E-state index < -0.39 is 16.2 Å². The molecule has 0 bridgehead atoms. The maximum Gasteiger partial charge on any atom is 0.338 e. The summed E-state index contributed by atoms with van der Waals surface area (Å²) in [6, 6.07) is 6.95. The number of hydrogen-bond acceptors (Lipinski definition) is 6. The smallest absolute Gasteiger partial charge is 0.338 e. The summed E-state index contributed by atoms with van der Waals surface area (Å²) in [5.41, 5.74) is 7.29. The molecule has 0 aliphatic carbocycles. The molecule has 0 radical (unpaired) electrons. The van der Waals surface area contributed by atoms with Gasteiger partial charge in [-0.25, -0.2) is 13.8 Å². The summed E-state index contributed by atoms with van der Waals surface area (Å²) in [7, 11) is -1.15. The minimum absolute atomic E-state index is 0.00382. The van der Waals surface area contributed by atoms with Crippen molar-refractivity contribution in [3.63, 3.8) is 0 Å². The van der Waals surface area contributed by atoms with Gasteiger partial charge in [0, 0.05) is 20.3 Å². The molecule has 10 heteroatoms. The minimum Gasteiger partial charge on any atom is -0.478 e. The summed E-state index contributed by atoms with van der Waals surface area (Å²) < 4.78 is 28.0. The fourth-order valence-electron chi connectivity index (χ4n) is 2.67. The van der Waals surface area contributed by atoms with Gasteiger partial charge in [0.1, 0.15) is 5.69 Å². The number of aryl methyl sites for hydroxylation is 2. The zero-order valence-electron chi connectivity index (χ0n) is 17.9. The molecule has 9 nitrogen and oxygen atoms in total. The van der Waals surface area contributed by atoms with Crippen molar-refractivity contribution in [3.05, 3.63) is 47.2 Å². The molecule has 0 atom stereocenters. The van der Waals surface area contributed by atoms with Crippen LogP contribution in [0, 0.1) is 13.8 Å². The Morgan fingerprint density at radius 1 is 1.23 bits per heavy atom. The topological polar surface area (TPSA) is 131 Å². The predicted molar refractivity (Wildman–Crippen MR) is 117 cm³/mol. The lowest BCUT2D eigenvalue weighted by Crippen LogP contribution is -2.29. The van der Waals surface area contributed by atoms with E-state index in [1.54, 1.807) is 19.1 Å². The molecular weight excluding hydrogens is 406 g/mol. The van der Waals surface area contributed by atoms with Crippen molar-refractivity contribution < 1.29 is 18.3 Å². The number of hydrogen-bond donors (Lipinski definition) is 2. The fourth-order valence-corrected chi connectivity index (χ4v) is 3.74. The molecule has 0 unspecified atom stereocenters. The Morgan fingerprint density at radius 3 is 2.37 bits per heavy atom. The van der Waals surface area contributed by atoms with Gasteiger partial charge in [-0.2, -0.15) is 12.7 Å². The molecule has 2 aromatic heterocycles. The molecule has 0 saturated heterocycles. The normalized spacial score (nSPS) is 11.6. The number of aromatic carboxylic acids is 1. The number of nitrogens with zero attached hydrogens (tertiary/aromatic N) is 4. The molecular formula is C20H27N5O4S. The molecule has 3 N–H and O–H groups in total. The molecule has 0 aliphatic heterocycles. The van der Waals surface area contributed by atoms with Crippen LogP contribution in [0.4, 0.5) is 0 Å². The van der Waals surface area contributed by atoms with E-state index in [2.05, 4.69) is 9.97 Å². The lowest BCUT2D eigenvalue weighted by Gasteiger charge is -2.16. The number of carbonyl (C=O) groups is 1. The Kier molecular flexibility index (Phi) is 6.96. The highest BCUT2D eigenvalue weighted by molar-refractivity contribution is 7.87. The van der Waals surface area contributed by atoms with Crippen molar-refractivity contribution in [2.45, 2.75) is 33.7 Å². The minimum atomic E-state index is -3.95. The van der Waals surface area contributed by atoms with Gasteiger partial charge in [0.2, 0.25) is 0 Å². The van der Waals surface area contributed by atoms with Gasteiger partial charge in [0.05, 0.1) is 16.6 Å². The van der Waals surface area contributed by atoms with Gasteiger partial charge in [0.15, 0.2) is 5.82 Å². The third kappa shape index (κ3) is 4.66. The number of benzene rings is 1. The van der Waals surface area contributed by atoms with Gasteiger partial charge in [0.25, 0.3) is 0 Å². The van der Waals surface area contributed by atoms with Crippen molar-refractivity contribution in [1.29, 1.82) is 0 Å². The Labute approximate surface area is 176 Å². The second-order valence-electron chi connectivity index (χ2n) is 7.39. The van der Waals surface area contributed by atoms with Crippen LogP contribution in [-0.2, 0) is 10.2 Å². The molecule has 30 heavy (non-hydrogen) atoms. The number of aromatic nitrogens is 3. The number of pyridine rings is 1. The van der Waals surface area contributed by atoms with Crippen LogP contribution in [-0.4, -0.2) is 57.9 Å². The average molecular weight is 434 g/mol. The zero-order chi connectivity index (χ0) is 22.8. The Balaban J connectivity index is 0.000000735. The van der Waals surface area contributed by atoms with Crippen LogP contribution in [0.3, 0.4) is 0 Å². The number of imidazole rings is 1. The van der Waals surface area contributed by atoms with Gasteiger partial charge in [-0.15, -0.1) is 0 Å². The fraction of sp³-hybridized carbons (Fsp3) is 0.350. The summed E-state index contributed by atoms with van der Waals surface area (Å²) in [4.78, 5) is 20.3. The first-order valence-electron chi connectivity index (χ1n) is 9.24. The molecule has 2 heterocycles. The van der Waals surface area contributed by atoms with Crippen molar-refractivity contribution in [3.8, 4) is 11.5 Å². The Bertz CT molecular complexity index is 1180. The molecule has 3 aromatic rings. The van der Waals surface area contributed by atoms with E-state index in [0.29, 0.717) is 22.6 Å². The number of carboxylic acid groups (broad SMARTS) is 1. The highest BCUT2D eigenvalue weighted by Crippen LogP contribution is 2.30. The van der Waals surface area contributed by atoms with Gasteiger partial charge in [-0.05, 0) is 43.1 Å². The molecule has 0 fully saturated rings. The van der Waals surface area contributed by atoms with E-state index in [1.807, 2.05) is 26.8 Å². The summed E-state index contributed by atoms with van der Waals surface area (Å²) in [5, 5.41) is 9.55. The van der Waals surface area contributed by atoms with Crippen LogP contribution < -0.4 is 5.73 Å². The quantitative estimate of drug-likeness (QED) is 0.646. The first-order valence-corrected chi connectivity index (χ1v) is 10.6. The first kappa shape index (κ1) is 23.5. The zero-order valence-corrected chi connectivity index (χ0v) is 18.7. The van der Waals surface area contributed by atoms with E-state index in [4.69, 9.17) is 5.73 Å². The Morgan fingerprint density at radius 2 is 1.83 bits per heavy atom. The third-order valence-electron chi connectivity index (χ3n) is 4.00. The van der Waals surface area contributed by atoms with Gasteiger partial charge in [-0.3, -0.25) is 4.98 Å². The SMILES string of the molecule is CC(C)N.Cc1cnc(-c2nc3c(C)cccc3n2S(=O)(=O)N(C)C)c(C(=O)O)c1. The van der Waals surface area contributed by atoms with Crippen molar-refractivity contribution in [2.75, 3.05) is 14.1 Å². The summed E-state index contributed by atoms with van der Waals surface area (Å²) >= 11 is 0. The van der Waals surface area contributed by atoms with Crippen molar-refractivity contribution >= 4 is 27.2 Å². The highest BCUT2D eigenvalue weighted by Gasteiger charge is 2.28. The van der Waals surface area contributed by atoms with Crippen LogP contribution in [0.15, 0.2) is 30.5 Å². The number of nitrogens with two attached hydrogens (primary N) is 1. The molecule has 0 spiro atoms. The summed E-state index contributed by atoms with van der Waals surface area (Å²) in [6.45, 7) is 7.42. The van der Waals surface area contributed by atoms with Gasteiger partial charge >= 0.3 is 16.2 Å². The van der Waals surface area contributed by atoms with E-state index >= 15 is 0 Å². The second kappa shape index (κ2) is 8.90. The van der Waals surface area contributed by atoms with Crippen LogP contribution >= 0.6 is 0 Å². The Hall–Kier alpha value is -2.82. The van der Waals surface area contributed by atoms with E-state index in [1.165, 1.54) is 26.4 Å². The second-order valence-corrected chi connectivity index (χ2v) is 9.38. The summed E-state index contributed by atoms with van der Waals surface area (Å²) in [6.07, 6.45) is 1.49. The average Bonchev–Trinajstić information content (AvgIpc) is 3.02. The lowest BCUT2D eigenvalue weighted by molar-refractivity contribution is 0.0697. The maximum atomic E-state index is 12.9. The van der Waals surface area contributed by atoms with E-state index in [9.17, 15) is 18.3 Å². The van der Waals surface area contributed by atoms with E-state index in [0.717, 1.165) is 13.8 Å². The standard InChI is InChI=1S/C17H18N4O4S.C3H9N/c1-10-8-12(17(22)23)15(18-9-10)16-19-14-11(2)6-5-7-13(14)21(16)26(24,25)20(3)4;1-3(2)4/h5-9H,1-4H3,(H,22,23);3H,4H2,1-2H3. The third-order valence-corrected chi connectivity index (χ3v) is 5.76. The number of para-hydroxylation sites is 1. The maximum absolute atomic E-state index is 12.9. The summed E-state index contributed by atoms with van der Waals surface area (Å²) in [5.74, 6) is -1.23. The van der Waals surface area contributed by atoms with Crippen LogP contribution in [0.1, 0.15) is 35.3 Å². The van der Waals surface area contributed by atoms with Gasteiger partial charge in [-0.1, -0.05) is 26.0 Å². The molecule has 3 rings (SSSR count). The molecule has 1 aromatic carbocycles. The first-order chi connectivity index (χ1) is 13.9. The number of carboxylic acids is 1. The largest absolute Gasteiger partial charge is 0.478 e. The van der Waals surface area contributed by atoms with Crippen LogP contribution in [0.5, 0.6) is 0 Å². The molecule has 0 saturated carbocycles. The van der Waals surface area contributed by atoms with Crippen LogP contribution in [0.2, 0.25) is 0 Å². The molecule has 162 valence electrons. The van der Waals surface area contributed by atoms with Gasteiger partial charge < -0.3 is 10.8 Å². The monoisotopic (exact) mass is 433 g/mol. The number of rotatable bonds is 4.